The Hall–Kier alpha value is -3.50. The first-order valence-corrected chi connectivity index (χ1v) is 9.01. The van der Waals surface area contributed by atoms with E-state index in [1.807, 2.05) is 55.5 Å². The predicted octanol–water partition coefficient (Wildman–Crippen LogP) is 4.13. The quantitative estimate of drug-likeness (QED) is 0.506. The maximum atomic E-state index is 12.9. The second-order valence-electron chi connectivity index (χ2n) is 6.44. The lowest BCUT2D eigenvalue weighted by Crippen LogP contribution is -2.43. The summed E-state index contributed by atoms with van der Waals surface area (Å²) < 4.78 is 0. The summed E-state index contributed by atoms with van der Waals surface area (Å²) in [7, 11) is 0. The minimum Gasteiger partial charge on any atom is -0.372 e. The maximum absolute atomic E-state index is 12.9. The van der Waals surface area contributed by atoms with Crippen LogP contribution in [0.4, 0.5) is 0 Å². The first-order valence-electron chi connectivity index (χ1n) is 9.01. The van der Waals surface area contributed by atoms with Crippen molar-refractivity contribution >= 4 is 18.2 Å². The van der Waals surface area contributed by atoms with Crippen LogP contribution < -0.4 is 5.43 Å². The molecule has 0 spiro atoms. The highest BCUT2D eigenvalue weighted by Crippen LogP contribution is 2.29. The number of carbonyl (C=O) groups is 1. The van der Waals surface area contributed by atoms with Crippen LogP contribution in [-0.2, 0) is 10.4 Å². The van der Waals surface area contributed by atoms with Crippen LogP contribution in [0.3, 0.4) is 0 Å². The first-order chi connectivity index (χ1) is 13.6. The number of hydrogen-bond donors (Lipinski definition) is 2. The van der Waals surface area contributed by atoms with Crippen molar-refractivity contribution in [2.24, 2.45) is 5.10 Å². The third-order valence-electron chi connectivity index (χ3n) is 4.34. The highest BCUT2D eigenvalue weighted by Gasteiger charge is 2.39. The number of hydrogen-bond acceptors (Lipinski definition) is 3. The average molecular weight is 370 g/mol. The SMILES string of the molecule is C/C(C=NNC(=O)C(O)(c1ccccc1)c1ccccc1)=C\c1ccccc1. The van der Waals surface area contributed by atoms with Gasteiger partial charge in [0.15, 0.2) is 5.60 Å². The lowest BCUT2D eigenvalue weighted by atomic mass is 9.85. The molecular formula is C24H22N2O2. The summed E-state index contributed by atoms with van der Waals surface area (Å²) in [6, 6.07) is 27.5. The van der Waals surface area contributed by atoms with Gasteiger partial charge in [-0.1, -0.05) is 97.1 Å². The van der Waals surface area contributed by atoms with Gasteiger partial charge in [0.05, 0.1) is 6.21 Å². The van der Waals surface area contributed by atoms with Crippen LogP contribution in [0.5, 0.6) is 0 Å². The zero-order valence-electron chi connectivity index (χ0n) is 15.6. The predicted molar refractivity (Wildman–Crippen MR) is 113 cm³/mol. The van der Waals surface area contributed by atoms with Gasteiger partial charge in [-0.15, -0.1) is 0 Å². The van der Waals surface area contributed by atoms with Crippen LogP contribution in [0.2, 0.25) is 0 Å². The molecule has 0 heterocycles. The molecule has 0 bridgehead atoms. The zero-order chi connectivity index (χ0) is 19.8. The van der Waals surface area contributed by atoms with E-state index in [1.165, 1.54) is 0 Å². The van der Waals surface area contributed by atoms with Crippen LogP contribution in [0.1, 0.15) is 23.6 Å². The van der Waals surface area contributed by atoms with Gasteiger partial charge in [0.1, 0.15) is 0 Å². The molecule has 0 saturated carbocycles. The van der Waals surface area contributed by atoms with Gasteiger partial charge in [-0.3, -0.25) is 4.79 Å². The average Bonchev–Trinajstić information content (AvgIpc) is 2.75. The minimum absolute atomic E-state index is 0.477. The largest absolute Gasteiger partial charge is 0.372 e. The Bertz CT molecular complexity index is 926. The first kappa shape index (κ1) is 19.3. The van der Waals surface area contributed by atoms with Crippen molar-refractivity contribution in [2.75, 3.05) is 0 Å². The fourth-order valence-electron chi connectivity index (χ4n) is 2.91. The van der Waals surface area contributed by atoms with Crippen LogP contribution in [0, 0.1) is 0 Å². The second-order valence-corrected chi connectivity index (χ2v) is 6.44. The van der Waals surface area contributed by atoms with Gasteiger partial charge in [0.25, 0.3) is 5.91 Å². The van der Waals surface area contributed by atoms with Gasteiger partial charge < -0.3 is 5.11 Å². The molecule has 3 aromatic rings. The van der Waals surface area contributed by atoms with Crippen LogP contribution in [-0.4, -0.2) is 17.2 Å². The number of amides is 1. The fraction of sp³-hybridized carbons (Fsp3) is 0.0833. The second kappa shape index (κ2) is 8.93. The number of allylic oxidation sites excluding steroid dienone is 1. The molecule has 0 atom stereocenters. The molecule has 0 unspecified atom stereocenters. The van der Waals surface area contributed by atoms with Crippen molar-refractivity contribution in [1.82, 2.24) is 5.43 Å². The van der Waals surface area contributed by atoms with Crippen LogP contribution >= 0.6 is 0 Å². The molecule has 3 rings (SSSR count). The Morgan fingerprint density at radius 3 is 1.82 bits per heavy atom. The lowest BCUT2D eigenvalue weighted by Gasteiger charge is -2.27. The number of nitrogens with zero attached hydrogens (tertiary/aromatic N) is 1. The molecule has 0 fully saturated rings. The van der Waals surface area contributed by atoms with Crippen molar-refractivity contribution in [2.45, 2.75) is 12.5 Å². The van der Waals surface area contributed by atoms with Crippen molar-refractivity contribution in [3.8, 4) is 0 Å². The smallest absolute Gasteiger partial charge is 0.281 e. The normalized spacial score (nSPS) is 12.1. The summed E-state index contributed by atoms with van der Waals surface area (Å²) in [4.78, 5) is 12.9. The van der Waals surface area contributed by atoms with E-state index in [0.29, 0.717) is 11.1 Å². The summed E-state index contributed by atoms with van der Waals surface area (Å²) in [6.45, 7) is 1.89. The molecular weight excluding hydrogens is 348 g/mol. The van der Waals surface area contributed by atoms with Gasteiger partial charge in [0, 0.05) is 0 Å². The van der Waals surface area contributed by atoms with Crippen molar-refractivity contribution in [3.63, 3.8) is 0 Å². The van der Waals surface area contributed by atoms with Crippen molar-refractivity contribution in [3.05, 3.63) is 113 Å². The maximum Gasteiger partial charge on any atom is 0.281 e. The van der Waals surface area contributed by atoms with Gasteiger partial charge in [-0.2, -0.15) is 5.10 Å². The standard InChI is InChI=1S/C24H22N2O2/c1-19(17-20-11-5-2-6-12-20)18-25-26-23(27)24(28,21-13-7-3-8-14-21)22-15-9-4-10-16-22/h2-18,28H,1H3,(H,26,27)/b19-17+,25-18?. The van der Waals surface area contributed by atoms with Gasteiger partial charge in [-0.25, -0.2) is 5.43 Å². The van der Waals surface area contributed by atoms with E-state index in [-0.39, 0.29) is 0 Å². The molecule has 0 aromatic heterocycles. The Labute approximate surface area is 164 Å². The number of nitrogens with one attached hydrogen (secondary N) is 1. The molecule has 0 saturated heterocycles. The monoisotopic (exact) mass is 370 g/mol. The molecule has 4 nitrogen and oxygen atoms in total. The fourth-order valence-corrected chi connectivity index (χ4v) is 2.91. The molecule has 140 valence electrons. The Kier molecular flexibility index (Phi) is 6.14. The summed E-state index contributed by atoms with van der Waals surface area (Å²) in [5.74, 6) is -0.617. The number of hydrazone groups is 1. The number of carbonyl (C=O) groups excluding carboxylic acids is 1. The number of aliphatic hydroxyl groups is 1. The lowest BCUT2D eigenvalue weighted by molar-refractivity contribution is -0.136. The molecule has 1 amide bonds. The third-order valence-corrected chi connectivity index (χ3v) is 4.34. The van der Waals surface area contributed by atoms with E-state index in [4.69, 9.17) is 0 Å². The van der Waals surface area contributed by atoms with E-state index in [1.54, 1.807) is 54.7 Å². The highest BCUT2D eigenvalue weighted by molar-refractivity contribution is 5.91. The van der Waals surface area contributed by atoms with Crippen molar-refractivity contribution < 1.29 is 9.90 Å². The van der Waals surface area contributed by atoms with Crippen molar-refractivity contribution in [1.29, 1.82) is 0 Å². The van der Waals surface area contributed by atoms with E-state index < -0.39 is 11.5 Å². The molecule has 0 aliphatic carbocycles. The zero-order valence-corrected chi connectivity index (χ0v) is 15.6. The van der Waals surface area contributed by atoms with Crippen LogP contribution in [0.25, 0.3) is 6.08 Å². The number of benzene rings is 3. The summed E-state index contributed by atoms with van der Waals surface area (Å²) in [5, 5.41) is 15.4. The van der Waals surface area contributed by atoms with E-state index in [0.717, 1.165) is 11.1 Å². The molecule has 0 aliphatic heterocycles. The Balaban J connectivity index is 1.82. The molecule has 28 heavy (non-hydrogen) atoms. The topological polar surface area (TPSA) is 61.7 Å². The molecule has 3 aromatic carbocycles. The molecule has 0 aliphatic rings. The Morgan fingerprint density at radius 1 is 0.857 bits per heavy atom. The molecule has 2 N–H and O–H groups in total. The van der Waals surface area contributed by atoms with Gasteiger partial charge >= 0.3 is 0 Å². The summed E-state index contributed by atoms with van der Waals surface area (Å²) in [5.41, 5.74) is 3.51. The third kappa shape index (κ3) is 4.42. The van der Waals surface area contributed by atoms with E-state index in [9.17, 15) is 9.90 Å². The van der Waals surface area contributed by atoms with Gasteiger partial charge in [0.2, 0.25) is 0 Å². The Morgan fingerprint density at radius 2 is 1.32 bits per heavy atom. The molecule has 4 heteroatoms. The summed E-state index contributed by atoms with van der Waals surface area (Å²) >= 11 is 0. The highest BCUT2D eigenvalue weighted by atomic mass is 16.3. The molecule has 0 radical (unpaired) electrons. The number of rotatable bonds is 6. The van der Waals surface area contributed by atoms with Gasteiger partial charge in [-0.05, 0) is 29.2 Å². The minimum atomic E-state index is -1.84. The van der Waals surface area contributed by atoms with E-state index >= 15 is 0 Å². The van der Waals surface area contributed by atoms with Crippen LogP contribution in [0.15, 0.2) is 102 Å². The van der Waals surface area contributed by atoms with E-state index in [2.05, 4.69) is 10.5 Å². The summed E-state index contributed by atoms with van der Waals surface area (Å²) in [6.07, 6.45) is 3.51.